The molecule has 5 heteroatoms. The van der Waals surface area contributed by atoms with Gasteiger partial charge in [-0.2, -0.15) is 0 Å². The van der Waals surface area contributed by atoms with E-state index in [1.54, 1.807) is 4.90 Å². The average molecular weight is 546 g/mol. The first-order valence-corrected chi connectivity index (χ1v) is 14.8. The molecule has 4 aliphatic carbocycles. The van der Waals surface area contributed by atoms with E-state index in [0.717, 1.165) is 46.6 Å². The first kappa shape index (κ1) is 25.8. The third kappa shape index (κ3) is 3.97. The molecule has 1 aromatic rings. The van der Waals surface area contributed by atoms with Crippen molar-refractivity contribution in [2.75, 3.05) is 0 Å². The van der Waals surface area contributed by atoms with Crippen molar-refractivity contribution in [1.29, 1.82) is 0 Å². The van der Waals surface area contributed by atoms with Gasteiger partial charge in [-0.15, -0.1) is 0 Å². The van der Waals surface area contributed by atoms with Crippen LogP contribution in [-0.4, -0.2) is 22.8 Å². The molecule has 0 aromatic heterocycles. The molecule has 2 amide bonds. The standard InChI is InChI=1S/C36H35NO4/c1-20(2)23-14-10-15-24(21(3)4)34(23)37-35(38)26-17-18-29-33-31(26)27(36(37)39)19-30(40-22-11-6-5-7-12-22)32(33)25-13-8-9-16-28(25)41-29/h6,8-21,23,26,31,34H,5,7H2,1-4H3. The number of hydrogen-bond donors (Lipinski definition) is 0. The second-order valence-corrected chi connectivity index (χ2v) is 12.3. The summed E-state index contributed by atoms with van der Waals surface area (Å²) in [5.41, 5.74) is 4.39. The van der Waals surface area contributed by atoms with Crippen LogP contribution in [0.2, 0.25) is 0 Å². The van der Waals surface area contributed by atoms with Gasteiger partial charge in [0.15, 0.2) is 0 Å². The van der Waals surface area contributed by atoms with Gasteiger partial charge >= 0.3 is 0 Å². The van der Waals surface area contributed by atoms with Gasteiger partial charge < -0.3 is 9.47 Å². The maximum absolute atomic E-state index is 14.6. The Hall–Kier alpha value is -4.12. The number of likely N-dealkylation sites (tertiary alicyclic amines) is 1. The number of para-hydroxylation sites is 1. The zero-order valence-electron chi connectivity index (χ0n) is 24.0. The number of hydrogen-bond acceptors (Lipinski definition) is 4. The van der Waals surface area contributed by atoms with E-state index in [1.807, 2.05) is 48.6 Å². The minimum absolute atomic E-state index is 0.0395. The van der Waals surface area contributed by atoms with Crippen LogP contribution in [0.25, 0.3) is 5.57 Å². The fraction of sp³-hybridized carbons (Fsp3) is 0.333. The lowest BCUT2D eigenvalue weighted by molar-refractivity contribution is -0.151. The third-order valence-corrected chi connectivity index (χ3v) is 9.12. The molecule has 0 N–H and O–H groups in total. The maximum atomic E-state index is 14.6. The molecule has 2 heterocycles. The van der Waals surface area contributed by atoms with E-state index < -0.39 is 11.8 Å². The molecule has 2 aliphatic heterocycles. The Kier molecular flexibility index (Phi) is 6.15. The zero-order valence-corrected chi connectivity index (χ0v) is 24.0. The first-order valence-electron chi connectivity index (χ1n) is 14.8. The largest absolute Gasteiger partial charge is 0.457 e. The zero-order chi connectivity index (χ0) is 28.4. The summed E-state index contributed by atoms with van der Waals surface area (Å²) in [6.45, 7) is 8.59. The SMILES string of the molecule is CC(C)C1=CC=CC(C(C)C)C1N1C(=O)C2=CC(OC3=CCCC=C3)=C3C4=C(C=CC(C1=O)C24)Oc1ccccc13. The van der Waals surface area contributed by atoms with Crippen LogP contribution in [-0.2, 0) is 14.3 Å². The molecule has 1 fully saturated rings. The molecule has 1 aromatic carbocycles. The smallest absolute Gasteiger partial charge is 0.257 e. The normalized spacial score (nSPS) is 28.0. The van der Waals surface area contributed by atoms with Crippen LogP contribution in [0.1, 0.15) is 46.1 Å². The van der Waals surface area contributed by atoms with E-state index in [4.69, 9.17) is 9.47 Å². The van der Waals surface area contributed by atoms with E-state index >= 15 is 0 Å². The number of rotatable bonds is 5. The monoisotopic (exact) mass is 545 g/mol. The van der Waals surface area contributed by atoms with Gasteiger partial charge in [0.05, 0.1) is 12.0 Å². The molecule has 6 aliphatic rings. The van der Waals surface area contributed by atoms with Gasteiger partial charge in [-0.3, -0.25) is 14.5 Å². The number of allylic oxidation sites excluding steroid dienone is 9. The molecule has 208 valence electrons. The number of imide groups is 1. The quantitative estimate of drug-likeness (QED) is 0.367. The van der Waals surface area contributed by atoms with Crippen LogP contribution in [0.15, 0.2) is 113 Å². The van der Waals surface area contributed by atoms with E-state index in [0.29, 0.717) is 17.1 Å². The molecule has 5 nitrogen and oxygen atoms in total. The fourth-order valence-electron chi connectivity index (χ4n) is 7.15. The van der Waals surface area contributed by atoms with Crippen molar-refractivity contribution < 1.29 is 19.1 Å². The van der Waals surface area contributed by atoms with Gasteiger partial charge in [-0.1, -0.05) is 76.3 Å². The number of nitrogens with zero attached hydrogens (tertiary/aromatic N) is 1. The lowest BCUT2D eigenvalue weighted by Gasteiger charge is -2.48. The van der Waals surface area contributed by atoms with Crippen LogP contribution >= 0.6 is 0 Å². The van der Waals surface area contributed by atoms with Crippen molar-refractivity contribution in [3.05, 3.63) is 119 Å². The Morgan fingerprint density at radius 1 is 1.02 bits per heavy atom. The number of piperidine rings is 1. The highest BCUT2D eigenvalue weighted by Gasteiger charge is 2.54. The highest BCUT2D eigenvalue weighted by molar-refractivity contribution is 6.13. The predicted octanol–water partition coefficient (Wildman–Crippen LogP) is 7.20. The lowest BCUT2D eigenvalue weighted by Crippen LogP contribution is -2.59. The summed E-state index contributed by atoms with van der Waals surface area (Å²) in [4.78, 5) is 30.7. The molecule has 0 bridgehead atoms. The average Bonchev–Trinajstić information content (AvgIpc) is 2.97. The number of ether oxygens (including phenoxy) is 2. The molecular weight excluding hydrogens is 510 g/mol. The highest BCUT2D eigenvalue weighted by Crippen LogP contribution is 2.55. The summed E-state index contributed by atoms with van der Waals surface area (Å²) < 4.78 is 13.0. The molecule has 7 rings (SSSR count). The van der Waals surface area contributed by atoms with Crippen molar-refractivity contribution >= 4 is 17.4 Å². The van der Waals surface area contributed by atoms with Crippen molar-refractivity contribution in [2.45, 2.75) is 46.6 Å². The van der Waals surface area contributed by atoms with E-state index in [1.165, 1.54) is 0 Å². The summed E-state index contributed by atoms with van der Waals surface area (Å²) in [5, 5.41) is 0. The molecule has 4 atom stereocenters. The number of carbonyl (C=O) groups excluding carboxylic acids is 2. The lowest BCUT2D eigenvalue weighted by atomic mass is 9.65. The van der Waals surface area contributed by atoms with Gasteiger partial charge in [0.25, 0.3) is 5.91 Å². The van der Waals surface area contributed by atoms with Gasteiger partial charge in [0.2, 0.25) is 5.91 Å². The van der Waals surface area contributed by atoms with Gasteiger partial charge in [0, 0.05) is 34.1 Å². The first-order chi connectivity index (χ1) is 19.8. The van der Waals surface area contributed by atoms with Gasteiger partial charge in [0.1, 0.15) is 23.0 Å². The number of carbonyl (C=O) groups is 2. The summed E-state index contributed by atoms with van der Waals surface area (Å²) in [6.07, 6.45) is 20.2. The molecule has 4 unspecified atom stereocenters. The van der Waals surface area contributed by atoms with E-state index in [2.05, 4.69) is 58.1 Å². The van der Waals surface area contributed by atoms with Crippen molar-refractivity contribution in [3.8, 4) is 5.75 Å². The van der Waals surface area contributed by atoms with Crippen molar-refractivity contribution in [2.24, 2.45) is 29.6 Å². The Morgan fingerprint density at radius 3 is 2.61 bits per heavy atom. The number of amides is 2. The van der Waals surface area contributed by atoms with Crippen molar-refractivity contribution in [3.63, 3.8) is 0 Å². The van der Waals surface area contributed by atoms with Crippen LogP contribution < -0.4 is 4.74 Å². The summed E-state index contributed by atoms with van der Waals surface area (Å²) in [7, 11) is 0. The Balaban J connectivity index is 1.42. The summed E-state index contributed by atoms with van der Waals surface area (Å²) >= 11 is 0. The van der Waals surface area contributed by atoms with Crippen LogP contribution in [0.4, 0.5) is 0 Å². The predicted molar refractivity (Wildman–Crippen MR) is 159 cm³/mol. The minimum atomic E-state index is -0.496. The van der Waals surface area contributed by atoms with Crippen LogP contribution in [0.5, 0.6) is 5.75 Å². The number of fused-ring (bicyclic) bond motifs is 2. The molecule has 1 saturated heterocycles. The summed E-state index contributed by atoms with van der Waals surface area (Å²) in [6, 6.07) is 7.58. The Bertz CT molecular complexity index is 1600. The fourth-order valence-corrected chi connectivity index (χ4v) is 7.15. The molecule has 0 saturated carbocycles. The Morgan fingerprint density at radius 2 is 1.85 bits per heavy atom. The molecular formula is C36H35NO4. The summed E-state index contributed by atoms with van der Waals surface area (Å²) in [5.74, 6) is 2.01. The van der Waals surface area contributed by atoms with Crippen LogP contribution in [0.3, 0.4) is 0 Å². The maximum Gasteiger partial charge on any atom is 0.257 e. The Labute approximate surface area is 241 Å². The van der Waals surface area contributed by atoms with Crippen molar-refractivity contribution in [1.82, 2.24) is 4.90 Å². The highest BCUT2D eigenvalue weighted by atomic mass is 16.5. The second kappa shape index (κ2) is 9.76. The van der Waals surface area contributed by atoms with E-state index in [-0.39, 0.29) is 35.6 Å². The topological polar surface area (TPSA) is 55.8 Å². The molecule has 0 radical (unpaired) electrons. The second-order valence-electron chi connectivity index (χ2n) is 12.3. The number of benzene rings is 1. The van der Waals surface area contributed by atoms with E-state index in [9.17, 15) is 9.59 Å². The molecule has 41 heavy (non-hydrogen) atoms. The van der Waals surface area contributed by atoms with Gasteiger partial charge in [-0.05, 0) is 60.6 Å². The minimum Gasteiger partial charge on any atom is -0.457 e. The third-order valence-electron chi connectivity index (χ3n) is 9.12. The van der Waals surface area contributed by atoms with Gasteiger partial charge in [-0.25, -0.2) is 0 Å². The molecule has 0 spiro atoms. The van der Waals surface area contributed by atoms with Crippen LogP contribution in [0, 0.1) is 29.6 Å².